The molecule has 0 fully saturated rings. The van der Waals surface area contributed by atoms with E-state index in [0.717, 1.165) is 11.1 Å². The minimum Gasteiger partial charge on any atom is -0.453 e. The molecule has 25 heavy (non-hydrogen) atoms. The summed E-state index contributed by atoms with van der Waals surface area (Å²) in [5.41, 5.74) is 3.39. The number of nitrogens with one attached hydrogen (secondary N) is 2. The van der Waals surface area contributed by atoms with E-state index in [9.17, 15) is 14.9 Å². The number of nitrogens with zero attached hydrogens (tertiary/aromatic N) is 1. The van der Waals surface area contributed by atoms with Gasteiger partial charge < -0.3 is 10.1 Å². The smallest absolute Gasteiger partial charge is 0.411 e. The molecule has 2 rings (SSSR count). The van der Waals surface area contributed by atoms with Crippen LogP contribution >= 0.6 is 0 Å². The molecular weight excluding hydrogens is 322 g/mol. The Morgan fingerprint density at radius 2 is 1.92 bits per heavy atom. The molecule has 0 heterocycles. The predicted molar refractivity (Wildman–Crippen MR) is 95.6 cm³/mol. The Kier molecular flexibility index (Phi) is 6.08. The predicted octanol–water partition coefficient (Wildman–Crippen LogP) is 3.93. The lowest BCUT2D eigenvalue weighted by molar-refractivity contribution is -0.385. The van der Waals surface area contributed by atoms with Crippen molar-refractivity contribution in [3.63, 3.8) is 0 Å². The lowest BCUT2D eigenvalue weighted by Crippen LogP contribution is -2.19. The topological polar surface area (TPSA) is 93.5 Å². The first-order valence-electron chi connectivity index (χ1n) is 7.83. The van der Waals surface area contributed by atoms with Crippen molar-refractivity contribution in [2.45, 2.75) is 26.4 Å². The van der Waals surface area contributed by atoms with Gasteiger partial charge in [0.2, 0.25) is 0 Å². The minimum absolute atomic E-state index is 0.0345. The number of anilines is 1. The van der Waals surface area contributed by atoms with Crippen LogP contribution in [0.3, 0.4) is 0 Å². The fourth-order valence-electron chi connectivity index (χ4n) is 2.56. The second kappa shape index (κ2) is 8.25. The van der Waals surface area contributed by atoms with E-state index >= 15 is 0 Å². The van der Waals surface area contributed by atoms with Gasteiger partial charge in [0.15, 0.2) is 0 Å². The molecule has 1 amide bonds. The average molecular weight is 343 g/mol. The van der Waals surface area contributed by atoms with Crippen LogP contribution in [0.15, 0.2) is 42.5 Å². The van der Waals surface area contributed by atoms with Gasteiger partial charge in [0.1, 0.15) is 0 Å². The Bertz CT molecular complexity index is 759. The zero-order valence-electron chi connectivity index (χ0n) is 14.4. The van der Waals surface area contributed by atoms with Crippen LogP contribution in [-0.4, -0.2) is 18.1 Å². The van der Waals surface area contributed by atoms with E-state index in [4.69, 9.17) is 0 Å². The number of ether oxygens (including phenoxy) is 1. The zero-order valence-corrected chi connectivity index (χ0v) is 14.4. The highest BCUT2D eigenvalue weighted by Gasteiger charge is 2.16. The second-order valence-electron chi connectivity index (χ2n) is 5.66. The first-order valence-corrected chi connectivity index (χ1v) is 7.83. The molecule has 7 nitrogen and oxygen atoms in total. The number of amides is 1. The zero-order chi connectivity index (χ0) is 18.4. The van der Waals surface area contributed by atoms with Gasteiger partial charge in [-0.15, -0.1) is 0 Å². The monoisotopic (exact) mass is 343 g/mol. The molecule has 2 aromatic carbocycles. The normalized spacial score (nSPS) is 11.6. The standard InChI is InChI=1S/C18H21N3O4/c1-12-16(5-4-6-17(12)21(23)24)13(2)19-11-14-7-9-15(10-8-14)20-18(22)25-3/h4-10,13,19H,11H2,1-3H3,(H,20,22)/t13-/m0/s1. The van der Waals surface area contributed by atoms with E-state index in [2.05, 4.69) is 15.4 Å². The number of rotatable bonds is 6. The van der Waals surface area contributed by atoms with Crippen molar-refractivity contribution in [3.8, 4) is 0 Å². The number of hydrogen-bond donors (Lipinski definition) is 2. The van der Waals surface area contributed by atoms with Crippen molar-refractivity contribution in [1.29, 1.82) is 0 Å². The van der Waals surface area contributed by atoms with E-state index in [1.54, 1.807) is 25.1 Å². The number of nitro groups is 1. The molecule has 0 spiro atoms. The number of carbonyl (C=O) groups excluding carboxylic acids is 1. The SMILES string of the molecule is COC(=O)Nc1ccc(CN[C@@H](C)c2cccc([N+](=O)[O-])c2C)cc1. The number of benzene rings is 2. The quantitative estimate of drug-likeness (QED) is 0.612. The molecule has 0 aliphatic carbocycles. The van der Waals surface area contributed by atoms with Gasteiger partial charge >= 0.3 is 6.09 Å². The molecule has 0 saturated carbocycles. The average Bonchev–Trinajstić information content (AvgIpc) is 2.60. The summed E-state index contributed by atoms with van der Waals surface area (Å²) in [6.45, 7) is 4.33. The highest BCUT2D eigenvalue weighted by molar-refractivity contribution is 5.84. The van der Waals surface area contributed by atoms with E-state index in [-0.39, 0.29) is 16.7 Å². The summed E-state index contributed by atoms with van der Waals surface area (Å²) >= 11 is 0. The van der Waals surface area contributed by atoms with Gasteiger partial charge in [-0.2, -0.15) is 0 Å². The molecule has 0 aliphatic heterocycles. The third-order valence-corrected chi connectivity index (χ3v) is 4.01. The highest BCUT2D eigenvalue weighted by atomic mass is 16.6. The van der Waals surface area contributed by atoms with E-state index < -0.39 is 6.09 Å². The van der Waals surface area contributed by atoms with E-state index in [1.807, 2.05) is 25.1 Å². The molecule has 0 aromatic heterocycles. The van der Waals surface area contributed by atoms with Crippen LogP contribution in [0.5, 0.6) is 0 Å². The maximum Gasteiger partial charge on any atom is 0.411 e. The molecular formula is C18H21N3O4. The highest BCUT2D eigenvalue weighted by Crippen LogP contribution is 2.26. The Morgan fingerprint density at radius 1 is 1.24 bits per heavy atom. The lowest BCUT2D eigenvalue weighted by Gasteiger charge is -2.17. The molecule has 0 unspecified atom stereocenters. The maximum absolute atomic E-state index is 11.2. The fraction of sp³-hybridized carbons (Fsp3) is 0.278. The number of methoxy groups -OCH3 is 1. The Balaban J connectivity index is 2.00. The summed E-state index contributed by atoms with van der Waals surface area (Å²) in [6.07, 6.45) is -0.513. The molecule has 7 heteroatoms. The minimum atomic E-state index is -0.513. The second-order valence-corrected chi connectivity index (χ2v) is 5.66. The molecule has 2 N–H and O–H groups in total. The van der Waals surface area contributed by atoms with Crippen LogP contribution in [0.4, 0.5) is 16.2 Å². The van der Waals surface area contributed by atoms with Gasteiger partial charge in [-0.3, -0.25) is 15.4 Å². The third-order valence-electron chi connectivity index (χ3n) is 4.01. The number of hydrogen-bond acceptors (Lipinski definition) is 5. The molecule has 0 bridgehead atoms. The van der Waals surface area contributed by atoms with Gasteiger partial charge in [0.25, 0.3) is 5.69 Å². The summed E-state index contributed by atoms with van der Waals surface area (Å²) in [4.78, 5) is 21.8. The van der Waals surface area contributed by atoms with E-state index in [1.165, 1.54) is 13.2 Å². The van der Waals surface area contributed by atoms with Crippen LogP contribution in [-0.2, 0) is 11.3 Å². The Morgan fingerprint density at radius 3 is 2.52 bits per heavy atom. The first-order chi connectivity index (χ1) is 11.9. The van der Waals surface area contributed by atoms with Crippen molar-refractivity contribution in [3.05, 3.63) is 69.3 Å². The Labute approximate surface area is 146 Å². The molecule has 0 saturated heterocycles. The Hall–Kier alpha value is -2.93. The van der Waals surface area contributed by atoms with Crippen LogP contribution in [0.25, 0.3) is 0 Å². The van der Waals surface area contributed by atoms with Crippen LogP contribution in [0.1, 0.15) is 29.7 Å². The summed E-state index contributed by atoms with van der Waals surface area (Å²) in [5, 5.41) is 17.0. The van der Waals surface area contributed by atoms with Crippen molar-refractivity contribution >= 4 is 17.5 Å². The number of carbonyl (C=O) groups is 1. The van der Waals surface area contributed by atoms with Gasteiger partial charge in [-0.1, -0.05) is 24.3 Å². The molecule has 2 aromatic rings. The molecule has 0 aliphatic rings. The first kappa shape index (κ1) is 18.4. The molecule has 0 radical (unpaired) electrons. The fourth-order valence-corrected chi connectivity index (χ4v) is 2.56. The van der Waals surface area contributed by atoms with Gasteiger partial charge in [-0.05, 0) is 37.1 Å². The van der Waals surface area contributed by atoms with Gasteiger partial charge in [-0.25, -0.2) is 4.79 Å². The maximum atomic E-state index is 11.2. The van der Waals surface area contributed by atoms with Crippen molar-refractivity contribution in [2.75, 3.05) is 12.4 Å². The summed E-state index contributed by atoms with van der Waals surface area (Å²) < 4.78 is 4.54. The van der Waals surface area contributed by atoms with Gasteiger partial charge in [0, 0.05) is 29.9 Å². The van der Waals surface area contributed by atoms with Crippen LogP contribution < -0.4 is 10.6 Å². The number of nitro benzene ring substituents is 1. The molecule has 132 valence electrons. The van der Waals surface area contributed by atoms with Crippen molar-refractivity contribution < 1.29 is 14.5 Å². The lowest BCUT2D eigenvalue weighted by atomic mass is 10.0. The van der Waals surface area contributed by atoms with Crippen LogP contribution in [0, 0.1) is 17.0 Å². The van der Waals surface area contributed by atoms with Crippen LogP contribution in [0.2, 0.25) is 0 Å². The van der Waals surface area contributed by atoms with Crippen molar-refractivity contribution in [2.24, 2.45) is 0 Å². The summed E-state index contributed by atoms with van der Waals surface area (Å²) in [6, 6.07) is 12.4. The third kappa shape index (κ3) is 4.77. The largest absolute Gasteiger partial charge is 0.453 e. The van der Waals surface area contributed by atoms with E-state index in [0.29, 0.717) is 17.8 Å². The molecule has 1 atom stereocenters. The van der Waals surface area contributed by atoms with Gasteiger partial charge in [0.05, 0.1) is 12.0 Å². The summed E-state index contributed by atoms with van der Waals surface area (Å²) in [5.74, 6) is 0. The summed E-state index contributed by atoms with van der Waals surface area (Å²) in [7, 11) is 1.31. The van der Waals surface area contributed by atoms with Crippen molar-refractivity contribution in [1.82, 2.24) is 5.32 Å².